The predicted molar refractivity (Wildman–Crippen MR) is 54.6 cm³/mol. The molecule has 0 saturated carbocycles. The monoisotopic (exact) mass is 197 g/mol. The fraction of sp³-hybridized carbons (Fsp3) is 0.556. The van der Waals surface area contributed by atoms with E-state index in [9.17, 15) is 4.79 Å². The lowest BCUT2D eigenvalue weighted by atomic mass is 10.4. The summed E-state index contributed by atoms with van der Waals surface area (Å²) in [5.74, 6) is 0.685. The number of aromatic nitrogens is 2. The SMILES string of the molecule is COCCCN(C)c1cc(=O)[nH]cn1. The fourth-order valence-corrected chi connectivity index (χ4v) is 1.13. The zero-order chi connectivity index (χ0) is 10.4. The van der Waals surface area contributed by atoms with Crippen molar-refractivity contribution in [1.29, 1.82) is 0 Å². The second-order valence-corrected chi connectivity index (χ2v) is 3.04. The molecule has 1 N–H and O–H groups in total. The molecule has 0 aromatic carbocycles. The first-order valence-corrected chi connectivity index (χ1v) is 4.49. The lowest BCUT2D eigenvalue weighted by Gasteiger charge is -2.16. The van der Waals surface area contributed by atoms with E-state index in [1.165, 1.54) is 12.4 Å². The number of aromatic amines is 1. The van der Waals surface area contributed by atoms with E-state index >= 15 is 0 Å². The average Bonchev–Trinajstić information content (AvgIpc) is 2.18. The molecule has 0 saturated heterocycles. The molecule has 0 bridgehead atoms. The quantitative estimate of drug-likeness (QED) is 0.687. The van der Waals surface area contributed by atoms with Crippen molar-refractivity contribution in [3.05, 3.63) is 22.7 Å². The first-order valence-electron chi connectivity index (χ1n) is 4.49. The lowest BCUT2D eigenvalue weighted by Crippen LogP contribution is -2.22. The molecule has 0 radical (unpaired) electrons. The summed E-state index contributed by atoms with van der Waals surface area (Å²) in [6, 6.07) is 1.48. The van der Waals surface area contributed by atoms with Crippen LogP contribution in [0, 0.1) is 0 Å². The predicted octanol–water partition coefficient (Wildman–Crippen LogP) is 0.243. The van der Waals surface area contributed by atoms with Gasteiger partial charge in [0.25, 0.3) is 5.56 Å². The molecular formula is C9H15N3O2. The molecular weight excluding hydrogens is 182 g/mol. The zero-order valence-electron chi connectivity index (χ0n) is 8.49. The molecule has 1 aromatic rings. The minimum atomic E-state index is -0.131. The second kappa shape index (κ2) is 5.39. The largest absolute Gasteiger partial charge is 0.385 e. The minimum Gasteiger partial charge on any atom is -0.385 e. The molecule has 0 spiro atoms. The molecule has 0 fully saturated rings. The van der Waals surface area contributed by atoms with E-state index in [-0.39, 0.29) is 5.56 Å². The normalized spacial score (nSPS) is 10.1. The Morgan fingerprint density at radius 3 is 3.07 bits per heavy atom. The Labute approximate surface area is 82.7 Å². The highest BCUT2D eigenvalue weighted by atomic mass is 16.5. The van der Waals surface area contributed by atoms with E-state index in [1.54, 1.807) is 7.11 Å². The van der Waals surface area contributed by atoms with Crippen LogP contribution in [0.2, 0.25) is 0 Å². The van der Waals surface area contributed by atoms with Gasteiger partial charge in [-0.1, -0.05) is 0 Å². The molecule has 0 aliphatic carbocycles. The van der Waals surface area contributed by atoms with Gasteiger partial charge in [0.2, 0.25) is 0 Å². The van der Waals surface area contributed by atoms with Crippen molar-refractivity contribution in [2.45, 2.75) is 6.42 Å². The van der Waals surface area contributed by atoms with Crippen LogP contribution in [-0.4, -0.2) is 37.3 Å². The summed E-state index contributed by atoms with van der Waals surface area (Å²) in [7, 11) is 3.57. The van der Waals surface area contributed by atoms with Gasteiger partial charge in [0.1, 0.15) is 5.82 Å². The highest BCUT2D eigenvalue weighted by molar-refractivity contribution is 5.34. The molecule has 78 valence electrons. The Kier molecular flexibility index (Phi) is 4.12. The van der Waals surface area contributed by atoms with Gasteiger partial charge in [-0.3, -0.25) is 4.79 Å². The highest BCUT2D eigenvalue weighted by Gasteiger charge is 2.01. The fourth-order valence-electron chi connectivity index (χ4n) is 1.13. The maximum Gasteiger partial charge on any atom is 0.252 e. The molecule has 1 rings (SSSR count). The van der Waals surface area contributed by atoms with Gasteiger partial charge in [0.05, 0.1) is 6.33 Å². The Bertz CT molecular complexity index is 324. The van der Waals surface area contributed by atoms with E-state index in [1.807, 2.05) is 11.9 Å². The molecule has 0 aliphatic rings. The number of H-pyrrole nitrogens is 1. The third-order valence-corrected chi connectivity index (χ3v) is 1.90. The third-order valence-electron chi connectivity index (χ3n) is 1.90. The summed E-state index contributed by atoms with van der Waals surface area (Å²) in [4.78, 5) is 19.4. The average molecular weight is 197 g/mol. The van der Waals surface area contributed by atoms with Crippen LogP contribution in [0.15, 0.2) is 17.2 Å². The van der Waals surface area contributed by atoms with Crippen LogP contribution in [0.3, 0.4) is 0 Å². The Balaban J connectivity index is 2.51. The van der Waals surface area contributed by atoms with Gasteiger partial charge >= 0.3 is 0 Å². The maximum absolute atomic E-state index is 11.0. The van der Waals surface area contributed by atoms with Crippen molar-refractivity contribution in [3.8, 4) is 0 Å². The number of methoxy groups -OCH3 is 1. The van der Waals surface area contributed by atoms with E-state index in [0.717, 1.165) is 13.0 Å². The third kappa shape index (κ3) is 3.18. The number of nitrogens with one attached hydrogen (secondary N) is 1. The van der Waals surface area contributed by atoms with Crippen LogP contribution >= 0.6 is 0 Å². The van der Waals surface area contributed by atoms with Gasteiger partial charge in [0, 0.05) is 33.4 Å². The first kappa shape index (κ1) is 10.7. The van der Waals surface area contributed by atoms with Crippen molar-refractivity contribution in [3.63, 3.8) is 0 Å². The number of hydrogen-bond donors (Lipinski definition) is 1. The van der Waals surface area contributed by atoms with Crippen LogP contribution in [0.1, 0.15) is 6.42 Å². The lowest BCUT2D eigenvalue weighted by molar-refractivity contribution is 0.196. The van der Waals surface area contributed by atoms with Crippen LogP contribution in [0.4, 0.5) is 5.82 Å². The van der Waals surface area contributed by atoms with Crippen molar-refractivity contribution in [2.24, 2.45) is 0 Å². The van der Waals surface area contributed by atoms with Crippen LogP contribution < -0.4 is 10.5 Å². The molecule has 0 atom stereocenters. The molecule has 1 heterocycles. The van der Waals surface area contributed by atoms with Gasteiger partial charge in [0.15, 0.2) is 0 Å². The molecule has 5 nitrogen and oxygen atoms in total. The van der Waals surface area contributed by atoms with Gasteiger partial charge in [-0.05, 0) is 6.42 Å². The molecule has 0 aliphatic heterocycles. The highest BCUT2D eigenvalue weighted by Crippen LogP contribution is 2.03. The number of nitrogens with zero attached hydrogens (tertiary/aromatic N) is 2. The first-order chi connectivity index (χ1) is 6.74. The molecule has 14 heavy (non-hydrogen) atoms. The Morgan fingerprint density at radius 1 is 1.64 bits per heavy atom. The summed E-state index contributed by atoms with van der Waals surface area (Å²) < 4.78 is 4.94. The van der Waals surface area contributed by atoms with Crippen molar-refractivity contribution in [2.75, 3.05) is 32.2 Å². The van der Waals surface area contributed by atoms with E-state index < -0.39 is 0 Å². The van der Waals surface area contributed by atoms with Crippen molar-refractivity contribution >= 4 is 5.82 Å². The number of ether oxygens (including phenoxy) is 1. The molecule has 0 amide bonds. The van der Waals surface area contributed by atoms with Gasteiger partial charge < -0.3 is 14.6 Å². The topological polar surface area (TPSA) is 58.2 Å². The van der Waals surface area contributed by atoms with E-state index in [4.69, 9.17) is 4.74 Å². The van der Waals surface area contributed by atoms with E-state index in [2.05, 4.69) is 9.97 Å². The summed E-state index contributed by atoms with van der Waals surface area (Å²) in [5, 5.41) is 0. The number of anilines is 1. The van der Waals surface area contributed by atoms with Crippen molar-refractivity contribution in [1.82, 2.24) is 9.97 Å². The maximum atomic E-state index is 11.0. The van der Waals surface area contributed by atoms with Gasteiger partial charge in [-0.15, -0.1) is 0 Å². The minimum absolute atomic E-state index is 0.131. The van der Waals surface area contributed by atoms with Gasteiger partial charge in [-0.2, -0.15) is 0 Å². The zero-order valence-corrected chi connectivity index (χ0v) is 8.49. The number of rotatable bonds is 5. The van der Waals surface area contributed by atoms with Crippen molar-refractivity contribution < 1.29 is 4.74 Å². The summed E-state index contributed by atoms with van der Waals surface area (Å²) >= 11 is 0. The van der Waals surface area contributed by atoms with Crippen LogP contribution in [-0.2, 0) is 4.74 Å². The smallest absolute Gasteiger partial charge is 0.252 e. The second-order valence-electron chi connectivity index (χ2n) is 3.04. The molecule has 0 unspecified atom stereocenters. The number of hydrogen-bond acceptors (Lipinski definition) is 4. The molecule has 5 heteroatoms. The Hall–Kier alpha value is -1.36. The summed E-state index contributed by atoms with van der Waals surface area (Å²) in [5.41, 5.74) is -0.131. The standard InChI is InChI=1S/C9H15N3O2/c1-12(4-3-5-14-2)8-6-9(13)11-7-10-8/h6-7H,3-5H2,1-2H3,(H,10,11,13). The van der Waals surface area contributed by atoms with E-state index in [0.29, 0.717) is 12.4 Å². The molecule has 1 aromatic heterocycles. The summed E-state index contributed by atoms with van der Waals surface area (Å²) in [6.07, 6.45) is 2.33. The van der Waals surface area contributed by atoms with Crippen LogP contribution in [0.5, 0.6) is 0 Å². The summed E-state index contributed by atoms with van der Waals surface area (Å²) in [6.45, 7) is 1.54. The Morgan fingerprint density at radius 2 is 2.43 bits per heavy atom. The van der Waals surface area contributed by atoms with Gasteiger partial charge in [-0.25, -0.2) is 4.98 Å². The van der Waals surface area contributed by atoms with Crippen LogP contribution in [0.25, 0.3) is 0 Å².